The number of likely N-dealkylation sites (tertiary alicyclic amines) is 1. The Labute approximate surface area is 113 Å². The van der Waals surface area contributed by atoms with Crippen LogP contribution >= 0.6 is 0 Å². The molecule has 0 bridgehead atoms. The average Bonchev–Trinajstić information content (AvgIpc) is 2.95. The van der Waals surface area contributed by atoms with E-state index in [9.17, 15) is 5.11 Å². The summed E-state index contributed by atoms with van der Waals surface area (Å²) in [6.45, 7) is 4.55. The van der Waals surface area contributed by atoms with Gasteiger partial charge in [-0.2, -0.15) is 15.4 Å². The second-order valence-corrected chi connectivity index (χ2v) is 5.78. The van der Waals surface area contributed by atoms with Gasteiger partial charge in [0.05, 0.1) is 6.20 Å². The quantitative estimate of drug-likeness (QED) is 0.834. The van der Waals surface area contributed by atoms with Crippen LogP contribution in [0.2, 0.25) is 0 Å². The van der Waals surface area contributed by atoms with Crippen LogP contribution in [0.4, 0.5) is 0 Å². The Morgan fingerprint density at radius 2 is 2.32 bits per heavy atom. The number of rotatable bonds is 3. The second-order valence-electron chi connectivity index (χ2n) is 5.78. The lowest BCUT2D eigenvalue weighted by molar-refractivity contribution is -0.0478. The van der Waals surface area contributed by atoms with Crippen LogP contribution in [0, 0.1) is 5.92 Å². The molecule has 2 aliphatic rings. The standard InChI is InChI=1S/C13H22N4O2/c18-13(12-8-14-16-15-12)4-1-5-17(10-13)9-11-2-6-19-7-3-11/h8,11,18H,1-7,9-10H2,(H,14,15,16). The summed E-state index contributed by atoms with van der Waals surface area (Å²) in [5.41, 5.74) is -0.166. The maximum atomic E-state index is 10.7. The molecule has 0 saturated carbocycles. The highest BCUT2D eigenvalue weighted by Crippen LogP contribution is 2.30. The molecule has 2 aliphatic heterocycles. The predicted molar refractivity (Wildman–Crippen MR) is 69.5 cm³/mol. The number of hydrogen-bond acceptors (Lipinski definition) is 5. The zero-order chi connectivity index (χ0) is 13.1. The van der Waals surface area contributed by atoms with Crippen molar-refractivity contribution in [1.82, 2.24) is 20.3 Å². The van der Waals surface area contributed by atoms with Crippen molar-refractivity contribution >= 4 is 0 Å². The van der Waals surface area contributed by atoms with Crippen molar-refractivity contribution < 1.29 is 9.84 Å². The van der Waals surface area contributed by atoms with Gasteiger partial charge in [-0.15, -0.1) is 0 Å². The fourth-order valence-electron chi connectivity index (χ4n) is 3.21. The number of hydrogen-bond donors (Lipinski definition) is 2. The molecule has 19 heavy (non-hydrogen) atoms. The van der Waals surface area contributed by atoms with Gasteiger partial charge in [-0.1, -0.05) is 0 Å². The van der Waals surface area contributed by atoms with Gasteiger partial charge in [0.15, 0.2) is 0 Å². The summed E-state index contributed by atoms with van der Waals surface area (Å²) in [4.78, 5) is 2.37. The Hall–Kier alpha value is -0.980. The van der Waals surface area contributed by atoms with Crippen LogP contribution in [0.3, 0.4) is 0 Å². The molecule has 1 aromatic heterocycles. The van der Waals surface area contributed by atoms with Crippen molar-refractivity contribution in [3.8, 4) is 0 Å². The molecule has 3 rings (SSSR count). The first-order chi connectivity index (χ1) is 9.26. The zero-order valence-corrected chi connectivity index (χ0v) is 11.2. The van der Waals surface area contributed by atoms with Gasteiger partial charge in [0.1, 0.15) is 11.3 Å². The third kappa shape index (κ3) is 2.96. The third-order valence-corrected chi connectivity index (χ3v) is 4.30. The van der Waals surface area contributed by atoms with Gasteiger partial charge >= 0.3 is 0 Å². The molecular formula is C13H22N4O2. The highest BCUT2D eigenvalue weighted by molar-refractivity contribution is 5.08. The van der Waals surface area contributed by atoms with E-state index in [1.807, 2.05) is 0 Å². The molecule has 0 aromatic carbocycles. The molecular weight excluding hydrogens is 244 g/mol. The van der Waals surface area contributed by atoms with Crippen molar-refractivity contribution in [2.75, 3.05) is 32.8 Å². The molecule has 0 radical (unpaired) electrons. The van der Waals surface area contributed by atoms with E-state index in [4.69, 9.17) is 4.74 Å². The fourth-order valence-corrected chi connectivity index (χ4v) is 3.21. The Bertz CT molecular complexity index is 391. The van der Waals surface area contributed by atoms with Crippen LogP contribution in [0.1, 0.15) is 31.4 Å². The maximum absolute atomic E-state index is 10.7. The number of aliphatic hydroxyl groups is 1. The first-order valence-electron chi connectivity index (χ1n) is 7.15. The second kappa shape index (κ2) is 5.56. The minimum Gasteiger partial charge on any atom is -0.382 e. The first-order valence-corrected chi connectivity index (χ1v) is 7.15. The van der Waals surface area contributed by atoms with E-state index >= 15 is 0 Å². The number of nitrogens with zero attached hydrogens (tertiary/aromatic N) is 3. The number of piperidine rings is 1. The van der Waals surface area contributed by atoms with Gasteiger partial charge in [0.25, 0.3) is 0 Å². The molecule has 2 saturated heterocycles. The summed E-state index contributed by atoms with van der Waals surface area (Å²) in [6, 6.07) is 0. The van der Waals surface area contributed by atoms with Gasteiger partial charge in [-0.3, -0.25) is 4.90 Å². The van der Waals surface area contributed by atoms with Gasteiger partial charge in [-0.25, -0.2) is 0 Å². The van der Waals surface area contributed by atoms with Crippen LogP contribution in [-0.4, -0.2) is 58.3 Å². The lowest BCUT2D eigenvalue weighted by Gasteiger charge is -2.40. The summed E-state index contributed by atoms with van der Waals surface area (Å²) in [5.74, 6) is 0.702. The Balaban J connectivity index is 1.61. The van der Waals surface area contributed by atoms with Gasteiger partial charge < -0.3 is 9.84 Å². The van der Waals surface area contributed by atoms with Crippen molar-refractivity contribution in [2.24, 2.45) is 5.92 Å². The highest BCUT2D eigenvalue weighted by atomic mass is 16.5. The first kappa shape index (κ1) is 13.0. The van der Waals surface area contributed by atoms with Gasteiger partial charge in [-0.05, 0) is 38.1 Å². The maximum Gasteiger partial charge on any atom is 0.123 e. The molecule has 106 valence electrons. The number of aromatic amines is 1. The van der Waals surface area contributed by atoms with E-state index in [2.05, 4.69) is 20.3 Å². The molecule has 6 nitrogen and oxygen atoms in total. The number of H-pyrrole nitrogens is 1. The van der Waals surface area contributed by atoms with Crippen LogP contribution in [0.25, 0.3) is 0 Å². The molecule has 1 atom stereocenters. The van der Waals surface area contributed by atoms with Crippen molar-refractivity contribution in [3.63, 3.8) is 0 Å². The van der Waals surface area contributed by atoms with Crippen LogP contribution < -0.4 is 0 Å². The van der Waals surface area contributed by atoms with E-state index in [-0.39, 0.29) is 0 Å². The SMILES string of the molecule is OC1(c2cn[nH]n2)CCCN(CC2CCOCC2)C1. The number of ether oxygens (including phenoxy) is 1. The Morgan fingerprint density at radius 3 is 3.05 bits per heavy atom. The minimum absolute atomic E-state index is 0.664. The summed E-state index contributed by atoms with van der Waals surface area (Å²) in [7, 11) is 0. The Kier molecular flexibility index (Phi) is 3.81. The van der Waals surface area contributed by atoms with Crippen LogP contribution in [0.15, 0.2) is 6.20 Å². The molecule has 2 N–H and O–H groups in total. The average molecular weight is 266 g/mol. The van der Waals surface area contributed by atoms with E-state index in [0.717, 1.165) is 52.0 Å². The molecule has 1 aromatic rings. The molecule has 2 fully saturated rings. The van der Waals surface area contributed by atoms with E-state index in [1.165, 1.54) is 0 Å². The van der Waals surface area contributed by atoms with Crippen molar-refractivity contribution in [2.45, 2.75) is 31.3 Å². The molecule has 0 spiro atoms. The number of aromatic nitrogens is 3. The summed E-state index contributed by atoms with van der Waals surface area (Å²) < 4.78 is 5.40. The van der Waals surface area contributed by atoms with E-state index in [1.54, 1.807) is 6.20 Å². The summed E-state index contributed by atoms with van der Waals surface area (Å²) >= 11 is 0. The topological polar surface area (TPSA) is 74.3 Å². The normalized spacial score (nSPS) is 30.6. The van der Waals surface area contributed by atoms with Gasteiger partial charge in [0, 0.05) is 26.3 Å². The fraction of sp³-hybridized carbons (Fsp3) is 0.846. The smallest absolute Gasteiger partial charge is 0.123 e. The monoisotopic (exact) mass is 266 g/mol. The number of β-amino-alcohol motifs (C(OH)–C–C–N with tert-alkyl or cyclic N) is 1. The Morgan fingerprint density at radius 1 is 1.47 bits per heavy atom. The van der Waals surface area contributed by atoms with Crippen LogP contribution in [-0.2, 0) is 10.3 Å². The third-order valence-electron chi connectivity index (χ3n) is 4.30. The largest absolute Gasteiger partial charge is 0.382 e. The van der Waals surface area contributed by atoms with Crippen molar-refractivity contribution in [3.05, 3.63) is 11.9 Å². The summed E-state index contributed by atoms with van der Waals surface area (Å²) in [5, 5.41) is 21.2. The number of nitrogens with one attached hydrogen (secondary N) is 1. The minimum atomic E-state index is -0.837. The summed E-state index contributed by atoms with van der Waals surface area (Å²) in [6.07, 6.45) is 5.69. The predicted octanol–water partition coefficient (Wildman–Crippen LogP) is 0.515. The van der Waals surface area contributed by atoms with Crippen LogP contribution in [0.5, 0.6) is 0 Å². The lowest BCUT2D eigenvalue weighted by Crippen LogP contribution is -2.48. The van der Waals surface area contributed by atoms with E-state index in [0.29, 0.717) is 18.2 Å². The molecule has 0 amide bonds. The van der Waals surface area contributed by atoms with E-state index < -0.39 is 5.60 Å². The van der Waals surface area contributed by atoms with Gasteiger partial charge in [0.2, 0.25) is 0 Å². The highest BCUT2D eigenvalue weighted by Gasteiger charge is 2.37. The lowest BCUT2D eigenvalue weighted by atomic mass is 9.89. The molecule has 6 heteroatoms. The zero-order valence-electron chi connectivity index (χ0n) is 11.2. The van der Waals surface area contributed by atoms with Crippen molar-refractivity contribution in [1.29, 1.82) is 0 Å². The molecule has 3 heterocycles. The molecule has 0 aliphatic carbocycles. The molecule has 1 unspecified atom stereocenters.